The lowest BCUT2D eigenvalue weighted by molar-refractivity contribution is 0.364. The van der Waals surface area contributed by atoms with Crippen molar-refractivity contribution in [2.75, 3.05) is 0 Å². The Hall–Kier alpha value is -1.08. The third-order valence-corrected chi connectivity index (χ3v) is 4.17. The Kier molecular flexibility index (Phi) is 2.81. The molecule has 2 rings (SSSR count). The third-order valence-electron chi connectivity index (χ3n) is 2.48. The van der Waals surface area contributed by atoms with Gasteiger partial charge in [-0.2, -0.15) is 0 Å². The van der Waals surface area contributed by atoms with Crippen molar-refractivity contribution in [3.8, 4) is 11.1 Å². The molecule has 0 aliphatic heterocycles. The van der Waals surface area contributed by atoms with Gasteiger partial charge in [0.25, 0.3) is 0 Å². The Labute approximate surface area is 115 Å². The first-order valence-electron chi connectivity index (χ1n) is 5.06. The Morgan fingerprint density at radius 2 is 1.00 bits per heavy atom. The Balaban J connectivity index is 2.43. The van der Waals surface area contributed by atoms with Crippen LogP contribution in [0.1, 0.15) is 0 Å². The quantitative estimate of drug-likeness (QED) is 0.519. The summed E-state index contributed by atoms with van der Waals surface area (Å²) in [5.41, 5.74) is 1.09. The van der Waals surface area contributed by atoms with E-state index in [0.717, 1.165) is 16.6 Å². The molecule has 0 unspecified atom stereocenters. The first-order valence-corrected chi connectivity index (χ1v) is 7.80. The van der Waals surface area contributed by atoms with Gasteiger partial charge in [-0.25, -0.2) is 0 Å². The maximum atomic E-state index is 12.5. The zero-order valence-corrected chi connectivity index (χ0v) is 11.7. The van der Waals surface area contributed by atoms with Gasteiger partial charge < -0.3 is 0 Å². The summed E-state index contributed by atoms with van der Waals surface area (Å²) < 4.78 is 63.5. The molecule has 2 aromatic carbocycles. The summed E-state index contributed by atoms with van der Waals surface area (Å²) in [4.78, 5) is -1.87. The smallest absolute Gasteiger partial charge is 0.0936 e. The van der Waals surface area contributed by atoms with Crippen molar-refractivity contribution in [2.45, 2.75) is 4.90 Å². The molecule has 0 aromatic heterocycles. The standard InChI is InChI=1S/C12H8BrF5S/c13-11-5-1-9(2-6-11)10-3-7-12(8-4-10)19(14,15,16,17)18/h1-8H. The largest absolute Gasteiger partial charge is 0.310 e. The molecule has 0 spiro atoms. The monoisotopic (exact) mass is 358 g/mol. The highest BCUT2D eigenvalue weighted by Crippen LogP contribution is 3.02. The van der Waals surface area contributed by atoms with Crippen molar-refractivity contribution in [1.29, 1.82) is 0 Å². The fraction of sp³-hybridized carbons (Fsp3) is 0. The van der Waals surface area contributed by atoms with Crippen LogP contribution >= 0.6 is 26.2 Å². The lowest BCUT2D eigenvalue weighted by Gasteiger charge is -2.40. The fourth-order valence-corrected chi connectivity index (χ4v) is 2.46. The highest BCUT2D eigenvalue weighted by atomic mass is 79.9. The molecule has 0 aliphatic rings. The molecule has 0 heterocycles. The SMILES string of the molecule is FS(F)(F)(F)(F)c1ccc(-c2ccc(Br)cc2)cc1. The summed E-state index contributed by atoms with van der Waals surface area (Å²) in [6, 6.07) is 9.70. The Morgan fingerprint density at radius 3 is 1.37 bits per heavy atom. The first-order chi connectivity index (χ1) is 8.45. The molecule has 19 heavy (non-hydrogen) atoms. The predicted octanol–water partition coefficient (Wildman–Crippen LogP) is 6.77. The van der Waals surface area contributed by atoms with Crippen LogP contribution in [0.25, 0.3) is 11.1 Å². The summed E-state index contributed by atoms with van der Waals surface area (Å²) in [6.45, 7) is 0. The molecule has 0 fully saturated rings. The molecule has 0 N–H and O–H groups in total. The van der Waals surface area contributed by atoms with Gasteiger partial charge in [0.15, 0.2) is 0 Å². The third kappa shape index (κ3) is 3.48. The summed E-state index contributed by atoms with van der Waals surface area (Å²) >= 11 is 3.23. The van der Waals surface area contributed by atoms with E-state index < -0.39 is 15.1 Å². The highest BCUT2D eigenvalue weighted by Gasteiger charge is 2.65. The van der Waals surface area contributed by atoms with Crippen LogP contribution in [-0.2, 0) is 0 Å². The van der Waals surface area contributed by atoms with E-state index in [1.807, 2.05) is 0 Å². The highest BCUT2D eigenvalue weighted by molar-refractivity contribution is 9.10. The van der Waals surface area contributed by atoms with E-state index in [-0.39, 0.29) is 0 Å². The lowest BCUT2D eigenvalue weighted by atomic mass is 10.1. The van der Waals surface area contributed by atoms with E-state index >= 15 is 0 Å². The Morgan fingerprint density at radius 1 is 0.632 bits per heavy atom. The van der Waals surface area contributed by atoms with Gasteiger partial charge >= 0.3 is 10.2 Å². The van der Waals surface area contributed by atoms with E-state index in [1.165, 1.54) is 0 Å². The normalized spacial score (nSPS) is 15.7. The van der Waals surface area contributed by atoms with Gasteiger partial charge in [-0.3, -0.25) is 0 Å². The summed E-state index contributed by atoms with van der Waals surface area (Å²) in [7, 11) is -9.58. The maximum absolute atomic E-state index is 12.5. The molecule has 0 radical (unpaired) electrons. The lowest BCUT2D eigenvalue weighted by Crippen LogP contribution is -2.05. The van der Waals surface area contributed by atoms with Gasteiger partial charge in [-0.1, -0.05) is 59.6 Å². The zero-order chi connectivity index (χ0) is 14.4. The van der Waals surface area contributed by atoms with Crippen LogP contribution < -0.4 is 0 Å². The van der Waals surface area contributed by atoms with Crippen molar-refractivity contribution < 1.29 is 19.4 Å². The molecule has 2 aromatic rings. The summed E-state index contributed by atoms with van der Waals surface area (Å²) in [5.74, 6) is 0. The second-order valence-electron chi connectivity index (χ2n) is 4.00. The molecule has 104 valence electrons. The minimum absolute atomic E-state index is 0.416. The molecule has 0 atom stereocenters. The average molecular weight is 359 g/mol. The minimum Gasteiger partial charge on any atom is -0.0936 e. The number of hydrogen-bond acceptors (Lipinski definition) is 0. The summed E-state index contributed by atoms with van der Waals surface area (Å²) in [6.07, 6.45) is 0. The second-order valence-corrected chi connectivity index (χ2v) is 7.33. The molecular formula is C12H8BrF5S. The van der Waals surface area contributed by atoms with Gasteiger partial charge in [-0.15, -0.1) is 0 Å². The van der Waals surface area contributed by atoms with Crippen LogP contribution in [0.15, 0.2) is 57.9 Å². The zero-order valence-electron chi connectivity index (χ0n) is 9.29. The number of hydrogen-bond donors (Lipinski definition) is 0. The van der Waals surface area contributed by atoms with E-state index in [1.54, 1.807) is 24.3 Å². The Bertz CT molecular complexity index is 601. The van der Waals surface area contributed by atoms with Crippen LogP contribution in [0.5, 0.6) is 0 Å². The second kappa shape index (κ2) is 3.73. The molecule has 0 aliphatic carbocycles. The topological polar surface area (TPSA) is 0 Å². The molecular weight excluding hydrogens is 351 g/mol. The molecule has 7 heteroatoms. The van der Waals surface area contributed by atoms with Crippen LogP contribution in [0.3, 0.4) is 0 Å². The van der Waals surface area contributed by atoms with Crippen molar-refractivity contribution in [3.63, 3.8) is 0 Å². The molecule has 0 saturated carbocycles. The maximum Gasteiger partial charge on any atom is 0.310 e. The van der Waals surface area contributed by atoms with Crippen LogP contribution in [-0.4, -0.2) is 0 Å². The molecule has 0 nitrogen and oxygen atoms in total. The van der Waals surface area contributed by atoms with Crippen LogP contribution in [0, 0.1) is 0 Å². The van der Waals surface area contributed by atoms with Crippen molar-refractivity contribution in [1.82, 2.24) is 0 Å². The molecule has 0 bridgehead atoms. The fourth-order valence-electron chi connectivity index (χ4n) is 1.55. The number of rotatable bonds is 2. The average Bonchev–Trinajstić information content (AvgIpc) is 2.27. The molecule has 0 saturated heterocycles. The minimum atomic E-state index is -9.58. The first kappa shape index (κ1) is 14.3. The van der Waals surface area contributed by atoms with Gasteiger partial charge in [0, 0.05) is 4.47 Å². The van der Waals surface area contributed by atoms with Gasteiger partial charge in [0.05, 0.1) is 0 Å². The van der Waals surface area contributed by atoms with Crippen molar-refractivity contribution in [2.24, 2.45) is 0 Å². The van der Waals surface area contributed by atoms with Gasteiger partial charge in [0.1, 0.15) is 4.90 Å². The summed E-state index contributed by atoms with van der Waals surface area (Å²) in [5, 5.41) is 0. The van der Waals surface area contributed by atoms with E-state index in [0.29, 0.717) is 23.3 Å². The van der Waals surface area contributed by atoms with Crippen LogP contribution in [0.2, 0.25) is 0 Å². The van der Waals surface area contributed by atoms with Crippen molar-refractivity contribution >= 4 is 26.2 Å². The predicted molar refractivity (Wildman–Crippen MR) is 71.0 cm³/mol. The van der Waals surface area contributed by atoms with E-state index in [2.05, 4.69) is 15.9 Å². The van der Waals surface area contributed by atoms with E-state index in [9.17, 15) is 19.4 Å². The number of halogens is 6. The van der Waals surface area contributed by atoms with E-state index in [4.69, 9.17) is 0 Å². The number of benzene rings is 2. The van der Waals surface area contributed by atoms with Crippen molar-refractivity contribution in [3.05, 3.63) is 53.0 Å². The van der Waals surface area contributed by atoms with Gasteiger partial charge in [0.2, 0.25) is 0 Å². The molecule has 0 amide bonds. The van der Waals surface area contributed by atoms with Crippen LogP contribution in [0.4, 0.5) is 19.4 Å². The van der Waals surface area contributed by atoms with Gasteiger partial charge in [-0.05, 0) is 35.4 Å².